The Morgan fingerprint density at radius 2 is 1.94 bits per heavy atom. The molecule has 2 rings (SSSR count). The van der Waals surface area contributed by atoms with Crippen molar-refractivity contribution < 1.29 is 0 Å². The number of hydrogen-bond acceptors (Lipinski definition) is 2. The number of nitrogens with zero attached hydrogens (tertiary/aromatic N) is 2. The molecule has 0 unspecified atom stereocenters. The Bertz CT molecular complexity index is 493. The molecule has 0 N–H and O–H groups in total. The summed E-state index contributed by atoms with van der Waals surface area (Å²) in [5.74, 6) is 0.688. The van der Waals surface area contributed by atoms with Crippen molar-refractivity contribution in [1.29, 1.82) is 0 Å². The summed E-state index contributed by atoms with van der Waals surface area (Å²) in [4.78, 5) is 23.9. The van der Waals surface area contributed by atoms with Crippen molar-refractivity contribution in [2.24, 2.45) is 13.0 Å². The normalized spacial score (nSPS) is 17.0. The maximum Gasteiger partial charge on any atom is 0.330 e. The molecule has 1 aliphatic carbocycles. The summed E-state index contributed by atoms with van der Waals surface area (Å²) in [7, 11) is 1.70. The molecule has 5 heteroatoms. The lowest BCUT2D eigenvalue weighted by Gasteiger charge is -2.21. The largest absolute Gasteiger partial charge is 0.330 e. The molecule has 1 aliphatic rings. The second kappa shape index (κ2) is 6.04. The first-order chi connectivity index (χ1) is 8.59. The Labute approximate surface area is 120 Å². The van der Waals surface area contributed by atoms with Crippen LogP contribution in [0.25, 0.3) is 0 Å². The minimum Gasteiger partial charge on any atom is -0.302 e. The van der Waals surface area contributed by atoms with Crippen molar-refractivity contribution in [2.45, 2.75) is 45.1 Å². The third kappa shape index (κ3) is 3.05. The Hall–Kier alpha value is -0.590. The summed E-state index contributed by atoms with van der Waals surface area (Å²) < 4.78 is 3.48. The minimum atomic E-state index is -0.198. The number of halogens is 1. The van der Waals surface area contributed by atoms with E-state index in [9.17, 15) is 9.59 Å². The first-order valence-corrected chi connectivity index (χ1v) is 7.63. The highest BCUT2D eigenvalue weighted by Crippen LogP contribution is 2.26. The van der Waals surface area contributed by atoms with Crippen molar-refractivity contribution in [2.75, 3.05) is 0 Å². The molecule has 0 aliphatic heterocycles. The molecular formula is C13H19IN2O2. The zero-order chi connectivity index (χ0) is 13.1. The van der Waals surface area contributed by atoms with Crippen LogP contribution in [-0.2, 0) is 13.6 Å². The molecule has 1 fully saturated rings. The number of hydrogen-bond donors (Lipinski definition) is 0. The standard InChI is InChI=1S/C13H19IN2O2/c1-15-9-11(14)12(17)16(13(15)18)8-7-10-5-3-2-4-6-10/h9-10H,2-8H2,1H3. The number of aromatic nitrogens is 2. The van der Waals surface area contributed by atoms with E-state index in [1.165, 1.54) is 41.2 Å². The van der Waals surface area contributed by atoms with E-state index in [1.807, 2.05) is 22.6 Å². The lowest BCUT2D eigenvalue weighted by molar-refractivity contribution is 0.319. The smallest absolute Gasteiger partial charge is 0.302 e. The van der Waals surface area contributed by atoms with Crippen LogP contribution < -0.4 is 11.2 Å². The van der Waals surface area contributed by atoms with Crippen LogP contribution in [0.15, 0.2) is 15.8 Å². The average molecular weight is 362 g/mol. The second-order valence-corrected chi connectivity index (χ2v) is 6.28. The minimum absolute atomic E-state index is 0.144. The van der Waals surface area contributed by atoms with Gasteiger partial charge in [-0.3, -0.25) is 9.36 Å². The van der Waals surface area contributed by atoms with Crippen LogP contribution in [0.1, 0.15) is 38.5 Å². The van der Waals surface area contributed by atoms with Crippen molar-refractivity contribution >= 4 is 22.6 Å². The van der Waals surface area contributed by atoms with Gasteiger partial charge < -0.3 is 4.57 Å². The molecule has 1 heterocycles. The van der Waals surface area contributed by atoms with Crippen molar-refractivity contribution in [3.8, 4) is 0 Å². The second-order valence-electron chi connectivity index (χ2n) is 5.12. The van der Waals surface area contributed by atoms with Crippen LogP contribution in [0, 0.1) is 9.49 Å². The van der Waals surface area contributed by atoms with Gasteiger partial charge in [0.05, 0.1) is 3.57 Å². The molecule has 0 spiro atoms. The van der Waals surface area contributed by atoms with Gasteiger partial charge in [0, 0.05) is 19.8 Å². The summed E-state index contributed by atoms with van der Waals surface area (Å²) in [6.07, 6.45) is 8.98. The van der Waals surface area contributed by atoms with Crippen LogP contribution in [-0.4, -0.2) is 9.13 Å². The highest BCUT2D eigenvalue weighted by atomic mass is 127. The van der Waals surface area contributed by atoms with E-state index in [2.05, 4.69) is 0 Å². The highest BCUT2D eigenvalue weighted by Gasteiger charge is 2.15. The van der Waals surface area contributed by atoms with Gasteiger partial charge in [0.25, 0.3) is 5.56 Å². The molecule has 1 aromatic heterocycles. The molecule has 100 valence electrons. The van der Waals surface area contributed by atoms with Gasteiger partial charge in [0.2, 0.25) is 0 Å². The van der Waals surface area contributed by atoms with E-state index in [0.717, 1.165) is 6.42 Å². The number of aryl methyl sites for hydroxylation is 1. The first kappa shape index (κ1) is 13.8. The fourth-order valence-electron chi connectivity index (χ4n) is 2.67. The third-order valence-electron chi connectivity index (χ3n) is 3.77. The van der Waals surface area contributed by atoms with E-state index in [1.54, 1.807) is 13.2 Å². The van der Waals surface area contributed by atoms with Gasteiger partial charge in [-0.2, -0.15) is 0 Å². The van der Waals surface area contributed by atoms with Crippen molar-refractivity contribution in [3.63, 3.8) is 0 Å². The molecule has 0 bridgehead atoms. The summed E-state index contributed by atoms with van der Waals surface area (Å²) in [5, 5.41) is 0. The van der Waals surface area contributed by atoms with Crippen LogP contribution in [0.3, 0.4) is 0 Å². The third-order valence-corrected chi connectivity index (χ3v) is 4.51. The zero-order valence-corrected chi connectivity index (χ0v) is 12.9. The molecule has 0 atom stereocenters. The van der Waals surface area contributed by atoms with E-state index >= 15 is 0 Å². The van der Waals surface area contributed by atoms with Crippen LogP contribution in [0.5, 0.6) is 0 Å². The molecule has 18 heavy (non-hydrogen) atoms. The predicted octanol–water partition coefficient (Wildman–Crippen LogP) is 2.12. The van der Waals surface area contributed by atoms with Crippen molar-refractivity contribution in [1.82, 2.24) is 9.13 Å². The highest BCUT2D eigenvalue weighted by molar-refractivity contribution is 14.1. The molecule has 0 amide bonds. The Kier molecular flexibility index (Phi) is 4.64. The Morgan fingerprint density at radius 1 is 1.28 bits per heavy atom. The number of rotatable bonds is 3. The lowest BCUT2D eigenvalue weighted by Crippen LogP contribution is -2.40. The van der Waals surface area contributed by atoms with Crippen LogP contribution >= 0.6 is 22.6 Å². The van der Waals surface area contributed by atoms with Gasteiger partial charge in [-0.1, -0.05) is 32.1 Å². The van der Waals surface area contributed by atoms with Gasteiger partial charge in [0.1, 0.15) is 0 Å². The average Bonchev–Trinajstić information content (AvgIpc) is 2.38. The van der Waals surface area contributed by atoms with Gasteiger partial charge in [-0.25, -0.2) is 4.79 Å². The Morgan fingerprint density at radius 3 is 2.61 bits per heavy atom. The summed E-state index contributed by atoms with van der Waals surface area (Å²) >= 11 is 1.99. The maximum atomic E-state index is 12.0. The summed E-state index contributed by atoms with van der Waals surface area (Å²) in [6.45, 7) is 0.563. The fraction of sp³-hybridized carbons (Fsp3) is 0.692. The lowest BCUT2D eigenvalue weighted by atomic mass is 9.87. The summed E-state index contributed by atoms with van der Waals surface area (Å²) in [5.41, 5.74) is -0.342. The van der Waals surface area contributed by atoms with E-state index < -0.39 is 0 Å². The summed E-state index contributed by atoms with van der Waals surface area (Å²) in [6, 6.07) is 0. The monoisotopic (exact) mass is 362 g/mol. The molecular weight excluding hydrogens is 343 g/mol. The molecule has 1 saturated carbocycles. The van der Waals surface area contributed by atoms with Gasteiger partial charge in [-0.05, 0) is 34.9 Å². The predicted molar refractivity (Wildman–Crippen MR) is 79.9 cm³/mol. The van der Waals surface area contributed by atoms with Gasteiger partial charge >= 0.3 is 5.69 Å². The fourth-order valence-corrected chi connectivity index (χ4v) is 3.38. The van der Waals surface area contributed by atoms with Gasteiger partial charge in [0.15, 0.2) is 0 Å². The van der Waals surface area contributed by atoms with Crippen LogP contribution in [0.2, 0.25) is 0 Å². The maximum absolute atomic E-state index is 12.0. The van der Waals surface area contributed by atoms with Gasteiger partial charge in [-0.15, -0.1) is 0 Å². The molecule has 4 nitrogen and oxygen atoms in total. The van der Waals surface area contributed by atoms with E-state index in [-0.39, 0.29) is 11.2 Å². The molecule has 1 aromatic rings. The zero-order valence-electron chi connectivity index (χ0n) is 10.7. The molecule has 0 aromatic carbocycles. The van der Waals surface area contributed by atoms with Crippen LogP contribution in [0.4, 0.5) is 0 Å². The van der Waals surface area contributed by atoms with Crippen molar-refractivity contribution in [3.05, 3.63) is 30.6 Å². The topological polar surface area (TPSA) is 44.0 Å². The van der Waals surface area contributed by atoms with E-state index in [0.29, 0.717) is 16.0 Å². The SMILES string of the molecule is Cn1cc(I)c(=O)n(CCC2CCCCC2)c1=O. The molecule has 0 saturated heterocycles. The quantitative estimate of drug-likeness (QED) is 0.774. The molecule has 0 radical (unpaired) electrons. The first-order valence-electron chi connectivity index (χ1n) is 6.55. The van der Waals surface area contributed by atoms with E-state index in [4.69, 9.17) is 0 Å². The Balaban J connectivity index is 2.13.